The van der Waals surface area contributed by atoms with Crippen molar-refractivity contribution in [3.63, 3.8) is 0 Å². The van der Waals surface area contributed by atoms with Crippen molar-refractivity contribution in [2.75, 3.05) is 14.2 Å². The maximum atomic E-state index is 10.1. The van der Waals surface area contributed by atoms with E-state index in [-0.39, 0.29) is 5.75 Å². The monoisotopic (exact) mass is 285 g/mol. The minimum Gasteiger partial charge on any atom is -0.505 e. The van der Waals surface area contributed by atoms with Crippen LogP contribution in [0.1, 0.15) is 5.56 Å². The second-order valence-corrected chi connectivity index (χ2v) is 4.68. The zero-order valence-electron chi connectivity index (χ0n) is 12.0. The maximum absolute atomic E-state index is 10.1. The molecule has 0 aliphatic carbocycles. The van der Waals surface area contributed by atoms with E-state index in [0.29, 0.717) is 17.2 Å². The molecule has 3 aromatic rings. The zero-order chi connectivity index (χ0) is 15.0. The predicted molar refractivity (Wildman–Crippen MR) is 78.4 cm³/mol. The van der Waals surface area contributed by atoms with Crippen molar-refractivity contribution in [3.8, 4) is 22.9 Å². The SMILES string of the molecule is COc1cc(O)c(-n2nc3ccc(C)cc3n2)cc1OC. The summed E-state index contributed by atoms with van der Waals surface area (Å²) in [5, 5.41) is 18.9. The van der Waals surface area contributed by atoms with Gasteiger partial charge in [0, 0.05) is 12.1 Å². The van der Waals surface area contributed by atoms with Gasteiger partial charge in [-0.25, -0.2) is 0 Å². The predicted octanol–water partition coefficient (Wildman–Crippen LogP) is 2.45. The fourth-order valence-corrected chi connectivity index (χ4v) is 2.15. The van der Waals surface area contributed by atoms with Crippen LogP contribution in [0, 0.1) is 6.92 Å². The molecule has 3 rings (SSSR count). The highest BCUT2D eigenvalue weighted by Gasteiger charge is 2.14. The van der Waals surface area contributed by atoms with Crippen molar-refractivity contribution >= 4 is 11.0 Å². The number of aromatic hydroxyl groups is 1. The highest BCUT2D eigenvalue weighted by molar-refractivity contribution is 5.75. The Labute approximate surface area is 121 Å². The number of hydrogen-bond acceptors (Lipinski definition) is 5. The van der Waals surface area contributed by atoms with Crippen molar-refractivity contribution in [2.24, 2.45) is 0 Å². The minimum absolute atomic E-state index is 0.0182. The molecule has 0 fully saturated rings. The Balaban J connectivity index is 2.17. The molecular formula is C15H15N3O3. The van der Waals surface area contributed by atoms with E-state index in [4.69, 9.17) is 9.47 Å². The number of aromatic nitrogens is 3. The fraction of sp³-hybridized carbons (Fsp3) is 0.200. The second kappa shape index (κ2) is 4.97. The average Bonchev–Trinajstić information content (AvgIpc) is 2.89. The summed E-state index contributed by atoms with van der Waals surface area (Å²) in [6, 6.07) is 8.92. The molecule has 1 N–H and O–H groups in total. The first-order chi connectivity index (χ1) is 10.1. The number of rotatable bonds is 3. The molecule has 0 aliphatic heterocycles. The first kappa shape index (κ1) is 13.2. The van der Waals surface area contributed by atoms with Crippen LogP contribution in [0.5, 0.6) is 17.2 Å². The van der Waals surface area contributed by atoms with Gasteiger partial charge in [-0.3, -0.25) is 0 Å². The summed E-state index contributed by atoms with van der Waals surface area (Å²) in [5.41, 5.74) is 3.06. The molecule has 0 bridgehead atoms. The van der Waals surface area contributed by atoms with E-state index in [2.05, 4.69) is 10.2 Å². The Morgan fingerprint density at radius 2 is 1.62 bits per heavy atom. The number of nitrogens with zero attached hydrogens (tertiary/aromatic N) is 3. The van der Waals surface area contributed by atoms with Gasteiger partial charge in [0.1, 0.15) is 22.5 Å². The van der Waals surface area contributed by atoms with Gasteiger partial charge in [-0.05, 0) is 24.6 Å². The lowest BCUT2D eigenvalue weighted by Gasteiger charge is -2.10. The van der Waals surface area contributed by atoms with E-state index in [9.17, 15) is 5.11 Å². The van der Waals surface area contributed by atoms with Gasteiger partial charge in [0.2, 0.25) is 0 Å². The Morgan fingerprint density at radius 3 is 2.33 bits per heavy atom. The lowest BCUT2D eigenvalue weighted by Crippen LogP contribution is -2.01. The molecule has 6 nitrogen and oxygen atoms in total. The summed E-state index contributed by atoms with van der Waals surface area (Å²) >= 11 is 0. The Kier molecular flexibility index (Phi) is 3.13. The minimum atomic E-state index is 0.0182. The Morgan fingerprint density at radius 1 is 0.952 bits per heavy atom. The number of phenolic OH excluding ortho intramolecular Hbond substituents is 1. The van der Waals surface area contributed by atoms with Gasteiger partial charge < -0.3 is 14.6 Å². The van der Waals surface area contributed by atoms with Crippen LogP contribution in [0.4, 0.5) is 0 Å². The van der Waals surface area contributed by atoms with E-state index in [0.717, 1.165) is 16.6 Å². The van der Waals surface area contributed by atoms with E-state index in [1.807, 2.05) is 25.1 Å². The van der Waals surface area contributed by atoms with Gasteiger partial charge in [-0.2, -0.15) is 0 Å². The molecule has 1 heterocycles. The van der Waals surface area contributed by atoms with E-state index >= 15 is 0 Å². The normalized spacial score (nSPS) is 10.8. The summed E-state index contributed by atoms with van der Waals surface area (Å²) < 4.78 is 10.4. The Hall–Kier alpha value is -2.76. The third-order valence-corrected chi connectivity index (χ3v) is 3.23. The third-order valence-electron chi connectivity index (χ3n) is 3.23. The quantitative estimate of drug-likeness (QED) is 0.800. The van der Waals surface area contributed by atoms with Gasteiger partial charge in [0.25, 0.3) is 0 Å². The smallest absolute Gasteiger partial charge is 0.164 e. The average molecular weight is 285 g/mol. The highest BCUT2D eigenvalue weighted by atomic mass is 16.5. The first-order valence-electron chi connectivity index (χ1n) is 6.41. The van der Waals surface area contributed by atoms with Crippen molar-refractivity contribution in [3.05, 3.63) is 35.9 Å². The van der Waals surface area contributed by atoms with Gasteiger partial charge in [0.05, 0.1) is 14.2 Å². The standard InChI is InChI=1S/C15H15N3O3/c1-9-4-5-10-11(6-9)17-18(16-10)12-7-14(20-2)15(21-3)8-13(12)19/h4-8,19H,1-3H3. The first-order valence-corrected chi connectivity index (χ1v) is 6.41. The van der Waals surface area contributed by atoms with Crippen molar-refractivity contribution < 1.29 is 14.6 Å². The molecule has 0 amide bonds. The van der Waals surface area contributed by atoms with Gasteiger partial charge in [0.15, 0.2) is 11.5 Å². The van der Waals surface area contributed by atoms with Gasteiger partial charge >= 0.3 is 0 Å². The zero-order valence-corrected chi connectivity index (χ0v) is 12.0. The summed E-state index contributed by atoms with van der Waals surface area (Å²) in [6.45, 7) is 1.99. The van der Waals surface area contributed by atoms with Crippen LogP contribution < -0.4 is 9.47 Å². The number of benzene rings is 2. The Bertz CT molecular complexity index is 811. The molecule has 1 aromatic heterocycles. The van der Waals surface area contributed by atoms with Crippen LogP contribution in [-0.4, -0.2) is 34.3 Å². The van der Waals surface area contributed by atoms with Crippen molar-refractivity contribution in [1.82, 2.24) is 15.0 Å². The summed E-state index contributed by atoms with van der Waals surface area (Å²) in [6.07, 6.45) is 0. The van der Waals surface area contributed by atoms with E-state index in [1.165, 1.54) is 25.1 Å². The molecule has 2 aromatic carbocycles. The number of ether oxygens (including phenoxy) is 2. The third kappa shape index (κ3) is 2.24. The molecule has 0 spiro atoms. The summed E-state index contributed by atoms with van der Waals surface area (Å²) in [5.74, 6) is 0.971. The molecule has 6 heteroatoms. The summed E-state index contributed by atoms with van der Waals surface area (Å²) in [4.78, 5) is 1.39. The molecule has 0 unspecified atom stereocenters. The molecule has 0 saturated carbocycles. The number of hydrogen-bond donors (Lipinski definition) is 1. The van der Waals surface area contributed by atoms with Crippen LogP contribution in [0.15, 0.2) is 30.3 Å². The van der Waals surface area contributed by atoms with Gasteiger partial charge in [-0.15, -0.1) is 15.0 Å². The summed E-state index contributed by atoms with van der Waals surface area (Å²) in [7, 11) is 3.05. The number of phenols is 1. The number of fused-ring (bicyclic) bond motifs is 1. The molecule has 0 saturated heterocycles. The highest BCUT2D eigenvalue weighted by Crippen LogP contribution is 2.35. The molecule has 0 aliphatic rings. The van der Waals surface area contributed by atoms with E-state index < -0.39 is 0 Å². The maximum Gasteiger partial charge on any atom is 0.164 e. The van der Waals surface area contributed by atoms with Crippen LogP contribution >= 0.6 is 0 Å². The lowest BCUT2D eigenvalue weighted by atomic mass is 10.2. The largest absolute Gasteiger partial charge is 0.505 e. The fourth-order valence-electron chi connectivity index (χ4n) is 2.15. The van der Waals surface area contributed by atoms with Crippen LogP contribution in [0.2, 0.25) is 0 Å². The molecule has 108 valence electrons. The molecular weight excluding hydrogens is 270 g/mol. The van der Waals surface area contributed by atoms with Crippen molar-refractivity contribution in [2.45, 2.75) is 6.92 Å². The molecule has 0 radical (unpaired) electrons. The van der Waals surface area contributed by atoms with Crippen LogP contribution in [0.25, 0.3) is 16.7 Å². The lowest BCUT2D eigenvalue weighted by molar-refractivity contribution is 0.350. The van der Waals surface area contributed by atoms with Crippen LogP contribution in [0.3, 0.4) is 0 Å². The molecule has 21 heavy (non-hydrogen) atoms. The van der Waals surface area contributed by atoms with E-state index in [1.54, 1.807) is 6.07 Å². The second-order valence-electron chi connectivity index (χ2n) is 4.68. The molecule has 0 atom stereocenters. The number of aryl methyl sites for hydroxylation is 1. The van der Waals surface area contributed by atoms with Crippen molar-refractivity contribution in [1.29, 1.82) is 0 Å². The number of methoxy groups -OCH3 is 2. The van der Waals surface area contributed by atoms with Crippen LogP contribution in [-0.2, 0) is 0 Å². The topological polar surface area (TPSA) is 69.4 Å². The van der Waals surface area contributed by atoms with Gasteiger partial charge in [-0.1, -0.05) is 6.07 Å².